The number of rotatable bonds is 7. The van der Waals surface area contributed by atoms with E-state index in [9.17, 15) is 0 Å². The van der Waals surface area contributed by atoms with Gasteiger partial charge in [0.1, 0.15) is 0 Å². The number of hydrogen-bond acceptors (Lipinski definition) is 2. The lowest BCUT2D eigenvalue weighted by Gasteiger charge is -2.22. The Morgan fingerprint density at radius 2 is 1.43 bits per heavy atom. The molecule has 2 heteroatoms. The molecule has 1 aromatic rings. The van der Waals surface area contributed by atoms with E-state index < -0.39 is 0 Å². The maximum Gasteiger partial charge on any atom is 0.0205 e. The third-order valence-electron chi connectivity index (χ3n) is 4.33. The molecule has 3 N–H and O–H groups in total. The van der Waals surface area contributed by atoms with Gasteiger partial charge in [0.2, 0.25) is 0 Å². The fourth-order valence-corrected chi connectivity index (χ4v) is 1.91. The summed E-state index contributed by atoms with van der Waals surface area (Å²) in [6, 6.07) is 8.90. The van der Waals surface area contributed by atoms with Crippen molar-refractivity contribution >= 4 is 0 Å². The van der Waals surface area contributed by atoms with Crippen molar-refractivity contribution in [3.63, 3.8) is 0 Å². The first kappa shape index (κ1) is 22.1. The van der Waals surface area contributed by atoms with Crippen LogP contribution < -0.4 is 11.1 Å². The van der Waals surface area contributed by atoms with Gasteiger partial charge in [0.05, 0.1) is 0 Å². The maximum atomic E-state index is 6.12. The Morgan fingerprint density at radius 1 is 0.913 bits per heavy atom. The highest BCUT2D eigenvalue weighted by molar-refractivity contribution is 5.27. The van der Waals surface area contributed by atoms with Crippen LogP contribution in [0.3, 0.4) is 0 Å². The minimum absolute atomic E-state index is 0.0386. The van der Waals surface area contributed by atoms with E-state index in [4.69, 9.17) is 5.73 Å². The highest BCUT2D eigenvalue weighted by Gasteiger charge is 2.14. The van der Waals surface area contributed by atoms with Crippen molar-refractivity contribution in [1.82, 2.24) is 5.32 Å². The second kappa shape index (κ2) is 10.8. The van der Waals surface area contributed by atoms with Gasteiger partial charge in [-0.1, -0.05) is 78.6 Å². The van der Waals surface area contributed by atoms with Crippen LogP contribution >= 0.6 is 0 Å². The van der Waals surface area contributed by atoms with Crippen LogP contribution in [0.1, 0.15) is 85.3 Å². The fraction of sp³-hybridized carbons (Fsp3) is 0.714. The molecule has 0 fully saturated rings. The molecule has 1 aromatic carbocycles. The smallest absolute Gasteiger partial charge is 0.0205 e. The predicted molar refractivity (Wildman–Crippen MR) is 105 cm³/mol. The van der Waals surface area contributed by atoms with E-state index in [1.807, 2.05) is 0 Å². The first-order valence-corrected chi connectivity index (χ1v) is 9.25. The minimum atomic E-state index is -0.0386. The molecule has 0 spiro atoms. The summed E-state index contributed by atoms with van der Waals surface area (Å²) < 4.78 is 0. The first-order chi connectivity index (χ1) is 10.7. The van der Waals surface area contributed by atoms with Gasteiger partial charge in [-0.15, -0.1) is 0 Å². The Labute approximate surface area is 145 Å². The molecule has 0 aromatic heterocycles. The molecule has 0 radical (unpaired) electrons. The number of nitrogens with two attached hydrogens (primary N) is 1. The van der Waals surface area contributed by atoms with Crippen LogP contribution in [0.25, 0.3) is 0 Å². The van der Waals surface area contributed by atoms with Gasteiger partial charge in [-0.05, 0) is 42.9 Å². The Hall–Kier alpha value is -0.860. The number of unbranched alkanes of at least 4 members (excludes halogenated alkanes) is 1. The number of benzene rings is 1. The second-order valence-electron chi connectivity index (χ2n) is 7.88. The Morgan fingerprint density at radius 3 is 1.83 bits per heavy atom. The minimum Gasteiger partial charge on any atom is -0.325 e. The highest BCUT2D eigenvalue weighted by Crippen LogP contribution is 2.22. The van der Waals surface area contributed by atoms with Crippen molar-refractivity contribution in [2.75, 3.05) is 6.54 Å². The van der Waals surface area contributed by atoms with Gasteiger partial charge in [0, 0.05) is 12.1 Å². The van der Waals surface area contributed by atoms with Gasteiger partial charge in [-0.25, -0.2) is 0 Å². The summed E-state index contributed by atoms with van der Waals surface area (Å²) >= 11 is 0. The standard InChI is InChI=1S/C17H30N2.C4H10/c1-6-17(5,18)11-12-19-13-14-7-9-15(10-8-14)16(2,3)4;1-3-4-2/h7-10,19H,6,11-13,18H2,1-5H3;3-4H2,1-2H3. The van der Waals surface area contributed by atoms with Crippen LogP contribution in [-0.2, 0) is 12.0 Å². The summed E-state index contributed by atoms with van der Waals surface area (Å²) in [6.07, 6.45) is 4.68. The lowest BCUT2D eigenvalue weighted by atomic mass is 9.87. The van der Waals surface area contributed by atoms with Crippen molar-refractivity contribution in [3.8, 4) is 0 Å². The molecule has 0 aliphatic carbocycles. The Kier molecular flexibility index (Phi) is 10.4. The molecule has 134 valence electrons. The second-order valence-corrected chi connectivity index (χ2v) is 7.88. The van der Waals surface area contributed by atoms with Crippen LogP contribution in [0.5, 0.6) is 0 Å². The summed E-state index contributed by atoms with van der Waals surface area (Å²) in [7, 11) is 0. The van der Waals surface area contributed by atoms with Crippen LogP contribution in [-0.4, -0.2) is 12.1 Å². The van der Waals surface area contributed by atoms with Crippen molar-refractivity contribution in [3.05, 3.63) is 35.4 Å². The summed E-state index contributed by atoms with van der Waals surface area (Å²) in [6.45, 7) is 17.2. The summed E-state index contributed by atoms with van der Waals surface area (Å²) in [4.78, 5) is 0. The van der Waals surface area contributed by atoms with Gasteiger partial charge in [-0.2, -0.15) is 0 Å². The third kappa shape index (κ3) is 10.5. The molecular formula is C21H40N2. The lowest BCUT2D eigenvalue weighted by Crippen LogP contribution is -2.38. The zero-order valence-electron chi connectivity index (χ0n) is 16.6. The van der Waals surface area contributed by atoms with Gasteiger partial charge in [0.25, 0.3) is 0 Å². The van der Waals surface area contributed by atoms with E-state index >= 15 is 0 Å². The lowest BCUT2D eigenvalue weighted by molar-refractivity contribution is 0.405. The molecule has 0 aliphatic rings. The molecular weight excluding hydrogens is 280 g/mol. The third-order valence-corrected chi connectivity index (χ3v) is 4.33. The topological polar surface area (TPSA) is 38.0 Å². The SMILES string of the molecule is CCC(C)(N)CCNCc1ccc(C(C)(C)C)cc1.CCCC. The first-order valence-electron chi connectivity index (χ1n) is 9.25. The average Bonchev–Trinajstić information content (AvgIpc) is 2.51. The normalized spacial score (nSPS) is 13.9. The molecule has 1 atom stereocenters. The van der Waals surface area contributed by atoms with Crippen molar-refractivity contribution < 1.29 is 0 Å². The summed E-state index contributed by atoms with van der Waals surface area (Å²) in [5.74, 6) is 0. The molecule has 0 bridgehead atoms. The quantitative estimate of drug-likeness (QED) is 0.660. The largest absolute Gasteiger partial charge is 0.325 e. The maximum absolute atomic E-state index is 6.12. The predicted octanol–water partition coefficient (Wildman–Crippen LogP) is 5.40. The van der Waals surface area contributed by atoms with Gasteiger partial charge < -0.3 is 11.1 Å². The number of nitrogens with one attached hydrogen (secondary N) is 1. The molecule has 0 heterocycles. The van der Waals surface area contributed by atoms with Crippen LogP contribution in [0.15, 0.2) is 24.3 Å². The van der Waals surface area contributed by atoms with Crippen molar-refractivity contribution in [1.29, 1.82) is 0 Å². The van der Waals surface area contributed by atoms with Crippen LogP contribution in [0.2, 0.25) is 0 Å². The molecule has 0 saturated heterocycles. The zero-order chi connectivity index (χ0) is 17.9. The van der Waals surface area contributed by atoms with E-state index in [-0.39, 0.29) is 11.0 Å². The molecule has 2 nitrogen and oxygen atoms in total. The van der Waals surface area contributed by atoms with Crippen LogP contribution in [0, 0.1) is 0 Å². The monoisotopic (exact) mass is 320 g/mol. The van der Waals surface area contributed by atoms with Gasteiger partial charge >= 0.3 is 0 Å². The Bertz CT molecular complexity index is 397. The summed E-state index contributed by atoms with van der Waals surface area (Å²) in [5.41, 5.74) is 9.04. The fourth-order valence-electron chi connectivity index (χ4n) is 1.91. The highest BCUT2D eigenvalue weighted by atomic mass is 14.9. The van der Waals surface area contributed by atoms with Crippen molar-refractivity contribution in [2.24, 2.45) is 5.73 Å². The molecule has 1 unspecified atom stereocenters. The van der Waals surface area contributed by atoms with E-state index in [0.717, 1.165) is 25.9 Å². The number of hydrogen-bond donors (Lipinski definition) is 2. The van der Waals surface area contributed by atoms with E-state index in [0.29, 0.717) is 0 Å². The van der Waals surface area contributed by atoms with E-state index in [1.54, 1.807) is 0 Å². The molecule has 1 rings (SSSR count). The molecule has 0 aliphatic heterocycles. The van der Waals surface area contributed by atoms with Gasteiger partial charge in [0.15, 0.2) is 0 Å². The molecule has 23 heavy (non-hydrogen) atoms. The average molecular weight is 321 g/mol. The van der Waals surface area contributed by atoms with E-state index in [1.165, 1.54) is 24.0 Å². The van der Waals surface area contributed by atoms with Gasteiger partial charge in [-0.3, -0.25) is 0 Å². The molecule has 0 amide bonds. The van der Waals surface area contributed by atoms with Crippen molar-refractivity contribution in [2.45, 2.75) is 91.6 Å². The van der Waals surface area contributed by atoms with E-state index in [2.05, 4.69) is 78.0 Å². The Balaban J connectivity index is 0.00000108. The molecule has 0 saturated carbocycles. The summed E-state index contributed by atoms with van der Waals surface area (Å²) in [5, 5.41) is 3.47. The zero-order valence-corrected chi connectivity index (χ0v) is 16.6. The van der Waals surface area contributed by atoms with Crippen LogP contribution in [0.4, 0.5) is 0 Å².